The highest BCUT2D eigenvalue weighted by Crippen LogP contribution is 2.15. The van der Waals surface area contributed by atoms with Crippen LogP contribution in [0.4, 0.5) is 0 Å². The van der Waals surface area contributed by atoms with Crippen LogP contribution in [0.2, 0.25) is 0 Å². The van der Waals surface area contributed by atoms with Crippen LogP contribution in [0.25, 0.3) is 0 Å². The number of hydrogen-bond acceptors (Lipinski definition) is 3. The summed E-state index contributed by atoms with van der Waals surface area (Å²) in [6, 6.07) is 0. The molecule has 0 aliphatic carbocycles. The molecule has 0 aromatic carbocycles. The Labute approximate surface area is 95.3 Å². The van der Waals surface area contributed by atoms with E-state index < -0.39 is 11.5 Å². The summed E-state index contributed by atoms with van der Waals surface area (Å²) in [6.45, 7) is 4.49. The highest BCUT2D eigenvalue weighted by Gasteiger charge is 2.30. The molecule has 0 aliphatic heterocycles. The molecule has 0 aliphatic rings. The first-order valence-corrected chi connectivity index (χ1v) is 5.49. The van der Waals surface area contributed by atoms with Crippen molar-refractivity contribution in [3.8, 4) is 0 Å². The molecule has 0 fully saturated rings. The predicted octanol–water partition coefficient (Wildman–Crippen LogP) is 1.16. The highest BCUT2D eigenvalue weighted by molar-refractivity contribution is 5.78. The molecule has 90 valence electrons. The van der Waals surface area contributed by atoms with Gasteiger partial charge in [0.25, 0.3) is 0 Å². The number of aromatic nitrogens is 2. The van der Waals surface area contributed by atoms with Crippen LogP contribution in [0.5, 0.6) is 0 Å². The molecule has 5 heteroatoms. The summed E-state index contributed by atoms with van der Waals surface area (Å²) in [4.78, 5) is 15.1. The second-order valence-electron chi connectivity index (χ2n) is 4.09. The van der Waals surface area contributed by atoms with Crippen LogP contribution in [0.15, 0.2) is 12.4 Å². The molecule has 1 atom stereocenters. The van der Waals surface area contributed by atoms with Crippen LogP contribution in [0, 0.1) is 6.92 Å². The molecular weight excluding hydrogens is 206 g/mol. The molecule has 3 N–H and O–H groups in total. The quantitative estimate of drug-likeness (QED) is 0.761. The SMILES string of the molecule is CCC(N)(CCCn1ccnc1C)C(=O)O. The average molecular weight is 225 g/mol. The standard InChI is InChI=1S/C11H19N3O2/c1-3-11(12,10(15)16)5-4-7-14-8-6-13-9(14)2/h6,8H,3-5,7,12H2,1-2H3,(H,15,16). The Hall–Kier alpha value is -1.36. The number of rotatable bonds is 6. The van der Waals surface area contributed by atoms with E-state index in [1.165, 1.54) is 0 Å². The zero-order valence-corrected chi connectivity index (χ0v) is 9.81. The van der Waals surface area contributed by atoms with E-state index in [0.29, 0.717) is 12.8 Å². The van der Waals surface area contributed by atoms with Gasteiger partial charge in [-0.05, 0) is 26.2 Å². The van der Waals surface area contributed by atoms with Gasteiger partial charge in [0.2, 0.25) is 0 Å². The van der Waals surface area contributed by atoms with Crippen molar-refractivity contribution in [2.24, 2.45) is 5.73 Å². The maximum absolute atomic E-state index is 11.0. The topological polar surface area (TPSA) is 81.1 Å². The first kappa shape index (κ1) is 12.7. The molecule has 1 unspecified atom stereocenters. The number of carboxylic acid groups (broad SMARTS) is 1. The predicted molar refractivity (Wildman–Crippen MR) is 61.0 cm³/mol. The largest absolute Gasteiger partial charge is 0.480 e. The smallest absolute Gasteiger partial charge is 0.323 e. The molecule has 0 saturated heterocycles. The summed E-state index contributed by atoms with van der Waals surface area (Å²) in [7, 11) is 0. The molecule has 1 aromatic heterocycles. The maximum atomic E-state index is 11.0. The first-order valence-electron chi connectivity index (χ1n) is 5.49. The first-order chi connectivity index (χ1) is 7.49. The Kier molecular flexibility index (Phi) is 4.06. The van der Waals surface area contributed by atoms with E-state index >= 15 is 0 Å². The van der Waals surface area contributed by atoms with Crippen molar-refractivity contribution in [2.45, 2.75) is 45.2 Å². The lowest BCUT2D eigenvalue weighted by molar-refractivity contribution is -0.143. The fourth-order valence-corrected chi connectivity index (χ4v) is 1.64. The third kappa shape index (κ3) is 2.82. The highest BCUT2D eigenvalue weighted by atomic mass is 16.4. The molecule has 1 rings (SSSR count). The number of imidazole rings is 1. The molecule has 1 aromatic rings. The van der Waals surface area contributed by atoms with Crippen molar-refractivity contribution in [1.29, 1.82) is 0 Å². The summed E-state index contributed by atoms with van der Waals surface area (Å²) < 4.78 is 2.00. The molecule has 0 bridgehead atoms. The third-order valence-electron chi connectivity index (χ3n) is 3.00. The van der Waals surface area contributed by atoms with Gasteiger partial charge >= 0.3 is 5.97 Å². The van der Waals surface area contributed by atoms with Gasteiger partial charge in [-0.25, -0.2) is 4.98 Å². The van der Waals surface area contributed by atoms with Crippen molar-refractivity contribution in [2.75, 3.05) is 0 Å². The average Bonchev–Trinajstić information content (AvgIpc) is 2.64. The monoisotopic (exact) mass is 225 g/mol. The minimum Gasteiger partial charge on any atom is -0.480 e. The fourth-order valence-electron chi connectivity index (χ4n) is 1.64. The molecule has 0 radical (unpaired) electrons. The summed E-state index contributed by atoms with van der Waals surface area (Å²) >= 11 is 0. The molecule has 1 heterocycles. The lowest BCUT2D eigenvalue weighted by Crippen LogP contribution is -2.47. The molecule has 5 nitrogen and oxygen atoms in total. The number of aryl methyl sites for hydroxylation is 2. The van der Waals surface area contributed by atoms with E-state index in [9.17, 15) is 4.79 Å². The number of carboxylic acids is 1. The van der Waals surface area contributed by atoms with Crippen LogP contribution in [-0.2, 0) is 11.3 Å². The lowest BCUT2D eigenvalue weighted by atomic mass is 9.92. The Morgan fingerprint density at radius 2 is 2.38 bits per heavy atom. The maximum Gasteiger partial charge on any atom is 0.323 e. The van der Waals surface area contributed by atoms with Crippen molar-refractivity contribution < 1.29 is 9.90 Å². The number of nitrogens with two attached hydrogens (primary N) is 1. The molecule has 0 amide bonds. The van der Waals surface area contributed by atoms with Crippen LogP contribution in [0.3, 0.4) is 0 Å². The Morgan fingerprint density at radius 3 is 2.81 bits per heavy atom. The van der Waals surface area contributed by atoms with Crippen LogP contribution < -0.4 is 5.73 Å². The van der Waals surface area contributed by atoms with Gasteiger partial charge in [0.1, 0.15) is 11.4 Å². The minimum absolute atomic E-state index is 0.450. The van der Waals surface area contributed by atoms with E-state index in [4.69, 9.17) is 10.8 Å². The van der Waals surface area contributed by atoms with Crippen molar-refractivity contribution >= 4 is 5.97 Å². The van der Waals surface area contributed by atoms with E-state index in [-0.39, 0.29) is 0 Å². The van der Waals surface area contributed by atoms with Crippen molar-refractivity contribution in [3.05, 3.63) is 18.2 Å². The van der Waals surface area contributed by atoms with Gasteiger partial charge in [-0.2, -0.15) is 0 Å². The summed E-state index contributed by atoms with van der Waals surface area (Å²) in [5.74, 6) is 0.0202. The Balaban J connectivity index is 2.46. The molecule has 0 saturated carbocycles. The van der Waals surface area contributed by atoms with Gasteiger partial charge in [-0.1, -0.05) is 6.92 Å². The van der Waals surface area contributed by atoms with Gasteiger partial charge < -0.3 is 15.4 Å². The van der Waals surface area contributed by atoms with Gasteiger partial charge in [0, 0.05) is 18.9 Å². The molecule has 0 spiro atoms. The van der Waals surface area contributed by atoms with Crippen molar-refractivity contribution in [1.82, 2.24) is 9.55 Å². The van der Waals surface area contributed by atoms with Crippen LogP contribution >= 0.6 is 0 Å². The van der Waals surface area contributed by atoms with E-state index in [1.807, 2.05) is 17.7 Å². The number of hydrogen-bond donors (Lipinski definition) is 2. The molecular formula is C11H19N3O2. The van der Waals surface area contributed by atoms with Crippen LogP contribution in [0.1, 0.15) is 32.0 Å². The minimum atomic E-state index is -1.09. The normalized spacial score (nSPS) is 14.7. The van der Waals surface area contributed by atoms with Crippen LogP contribution in [-0.4, -0.2) is 26.2 Å². The lowest BCUT2D eigenvalue weighted by Gasteiger charge is -2.22. The van der Waals surface area contributed by atoms with E-state index in [1.54, 1.807) is 13.1 Å². The van der Waals surface area contributed by atoms with Crippen molar-refractivity contribution in [3.63, 3.8) is 0 Å². The summed E-state index contributed by atoms with van der Waals surface area (Å²) in [5.41, 5.74) is 4.70. The fraction of sp³-hybridized carbons (Fsp3) is 0.636. The summed E-state index contributed by atoms with van der Waals surface area (Å²) in [6.07, 6.45) is 5.30. The van der Waals surface area contributed by atoms with E-state index in [2.05, 4.69) is 4.98 Å². The zero-order valence-electron chi connectivity index (χ0n) is 9.81. The van der Waals surface area contributed by atoms with Gasteiger partial charge in [-0.3, -0.25) is 4.79 Å². The third-order valence-corrected chi connectivity index (χ3v) is 3.00. The second-order valence-corrected chi connectivity index (χ2v) is 4.09. The number of carbonyl (C=O) groups is 1. The number of aliphatic carboxylic acids is 1. The number of nitrogens with zero attached hydrogens (tertiary/aromatic N) is 2. The second kappa shape index (κ2) is 5.12. The van der Waals surface area contributed by atoms with Gasteiger partial charge in [-0.15, -0.1) is 0 Å². The molecule has 16 heavy (non-hydrogen) atoms. The van der Waals surface area contributed by atoms with Gasteiger partial charge in [0.15, 0.2) is 0 Å². The van der Waals surface area contributed by atoms with E-state index in [0.717, 1.165) is 18.8 Å². The zero-order chi connectivity index (χ0) is 12.2. The Morgan fingerprint density at radius 1 is 1.69 bits per heavy atom. The summed E-state index contributed by atoms with van der Waals surface area (Å²) in [5, 5.41) is 9.00. The Bertz CT molecular complexity index is 362. The van der Waals surface area contributed by atoms with Gasteiger partial charge in [0.05, 0.1) is 0 Å².